The summed E-state index contributed by atoms with van der Waals surface area (Å²) in [6.07, 6.45) is 0. The lowest BCUT2D eigenvalue weighted by molar-refractivity contribution is 0.101. The lowest BCUT2D eigenvalue weighted by atomic mass is 10.8. The molecular formula is C19H57IN15OP4+3. The van der Waals surface area contributed by atoms with Crippen molar-refractivity contribution in [2.45, 2.75) is 5.97 Å². The molecule has 0 fully saturated rings. The molecule has 0 spiro atoms. The van der Waals surface area contributed by atoms with Gasteiger partial charge in [-0.15, -0.1) is 66.0 Å². The van der Waals surface area contributed by atoms with Crippen LogP contribution in [0.4, 0.5) is 0 Å². The fourth-order valence-electron chi connectivity index (χ4n) is 4.43. The van der Waals surface area contributed by atoms with E-state index < -0.39 is 29.6 Å². The Labute approximate surface area is 265 Å². The highest BCUT2D eigenvalue weighted by Gasteiger charge is 2.55. The first-order valence-corrected chi connectivity index (χ1v) is 17.4. The van der Waals surface area contributed by atoms with Gasteiger partial charge < -0.3 is 0 Å². The maximum Gasteiger partial charge on any atom is 0.427 e. The lowest BCUT2D eigenvalue weighted by Gasteiger charge is -2.35. The van der Waals surface area contributed by atoms with Crippen molar-refractivity contribution in [2.75, 3.05) is 127 Å². The van der Waals surface area contributed by atoms with Crippen LogP contribution < -0.4 is 0 Å². The van der Waals surface area contributed by atoms with E-state index in [9.17, 15) is 0 Å². The molecule has 1 unspecified atom stereocenters. The van der Waals surface area contributed by atoms with Crippen molar-refractivity contribution < 1.29 is 4.52 Å². The van der Waals surface area contributed by atoms with E-state index in [4.69, 9.17) is 19.2 Å². The van der Waals surface area contributed by atoms with Gasteiger partial charge in [0.25, 0.3) is 0 Å². The molecule has 0 heterocycles. The Bertz CT molecular complexity index is 672. The Morgan fingerprint density at radius 1 is 0.400 bits per heavy atom. The van der Waals surface area contributed by atoms with Crippen LogP contribution in [0.3, 0.4) is 0 Å². The van der Waals surface area contributed by atoms with Gasteiger partial charge >= 0.3 is 29.6 Å². The van der Waals surface area contributed by atoms with E-state index in [1.165, 1.54) is 0 Å². The molecule has 16 nitrogen and oxygen atoms in total. The second kappa shape index (κ2) is 17.4. The summed E-state index contributed by atoms with van der Waals surface area (Å²) in [6, 6.07) is 0. The molecule has 40 heavy (non-hydrogen) atoms. The van der Waals surface area contributed by atoms with Crippen LogP contribution in [0.2, 0.25) is 0 Å². The molecule has 0 aromatic carbocycles. The Morgan fingerprint density at radius 3 is 0.650 bits per heavy atom. The van der Waals surface area contributed by atoms with Crippen LogP contribution in [-0.4, -0.2) is 175 Å². The molecule has 0 aliphatic rings. The average molecular weight is 763 g/mol. The van der Waals surface area contributed by atoms with Gasteiger partial charge in [-0.1, -0.05) is 15.3 Å². The first kappa shape index (κ1) is 43.0. The van der Waals surface area contributed by atoms with Gasteiger partial charge in [-0.25, -0.2) is 0 Å². The van der Waals surface area contributed by atoms with Gasteiger partial charge in [-0.3, -0.25) is 4.52 Å². The fourth-order valence-corrected chi connectivity index (χ4v) is 13.2. The minimum Gasteiger partial charge on any atom is -0.296 e. The zero-order valence-electron chi connectivity index (χ0n) is 27.9. The van der Waals surface area contributed by atoms with Crippen molar-refractivity contribution >= 4 is 57.0 Å². The molecule has 0 saturated heterocycles. The predicted molar refractivity (Wildman–Crippen MR) is 187 cm³/mol. The maximum absolute atomic E-state index is 5.86. The summed E-state index contributed by atoms with van der Waals surface area (Å²) in [6.45, 7) is 0. The van der Waals surface area contributed by atoms with Crippen molar-refractivity contribution in [3.63, 3.8) is 0 Å². The topological polar surface area (TPSA) is 113 Å². The summed E-state index contributed by atoms with van der Waals surface area (Å²) >= 11 is 0. The lowest BCUT2D eigenvalue weighted by Crippen LogP contribution is -2.36. The summed E-state index contributed by atoms with van der Waals surface area (Å²) in [7, 11) is 30.4. The molecule has 0 rings (SSSR count). The van der Waals surface area contributed by atoms with E-state index in [0.717, 1.165) is 0 Å². The Kier molecular flexibility index (Phi) is 18.7. The van der Waals surface area contributed by atoms with Crippen molar-refractivity contribution in [1.82, 2.24) is 42.0 Å². The first-order valence-electron chi connectivity index (χ1n) is 12.2. The Balaban J connectivity index is 0. The molecule has 0 aromatic heterocycles. The maximum atomic E-state index is 5.86. The number of nitrogens with zero attached hydrogens (tertiary/aromatic N) is 15. The van der Waals surface area contributed by atoms with Crippen LogP contribution in [0.15, 0.2) is 30.0 Å². The number of hydrogen-bond donors (Lipinski definition) is 0. The van der Waals surface area contributed by atoms with Gasteiger partial charge in [0, 0.05) is 151 Å². The smallest absolute Gasteiger partial charge is 0.296 e. The fraction of sp³-hybridized carbons (Fsp3) is 1.00. The van der Waals surface area contributed by atoms with Gasteiger partial charge in [0.2, 0.25) is 0 Å². The van der Waals surface area contributed by atoms with Gasteiger partial charge in [-0.05, 0) is 0 Å². The molecule has 0 aromatic rings. The van der Waals surface area contributed by atoms with Crippen molar-refractivity contribution in [1.29, 1.82) is 0 Å². The van der Waals surface area contributed by atoms with Crippen LogP contribution in [0.25, 0.3) is 0 Å². The van der Waals surface area contributed by atoms with Crippen molar-refractivity contribution in [3.05, 3.63) is 0 Å². The third kappa shape index (κ3) is 8.95. The van der Waals surface area contributed by atoms with E-state index in [1.807, 2.05) is 169 Å². The van der Waals surface area contributed by atoms with E-state index in [0.29, 0.717) is 0 Å². The highest BCUT2D eigenvalue weighted by atomic mass is 127. The molecule has 238 valence electrons. The van der Waals surface area contributed by atoms with Crippen molar-refractivity contribution in [3.8, 4) is 0 Å². The summed E-state index contributed by atoms with van der Waals surface area (Å²) < 4.78 is 24.3. The first-order chi connectivity index (χ1) is 17.7. The summed E-state index contributed by atoms with van der Waals surface area (Å²) in [5.74, 6) is -1.89. The van der Waals surface area contributed by atoms with Gasteiger partial charge in [-0.2, -0.15) is 0 Å². The average Bonchev–Trinajstić information content (AvgIpc) is 2.77. The third-order valence-electron chi connectivity index (χ3n) is 5.87. The molecule has 0 saturated carbocycles. The standard InChI is InChI=1S/C19H56N15OP4.HI/c1-26(2)37(27(3)4,28(5)6)23-20-19(35-36,21-24-38(29(7)8,30(9)10)31(11)12)22-25-39(32(13)14,33(15)16)34(17)18;/h36H2,1-18H3;1H/q+3;. The highest BCUT2D eigenvalue weighted by Crippen LogP contribution is 2.68. The Morgan fingerprint density at radius 2 is 0.550 bits per heavy atom. The van der Waals surface area contributed by atoms with Crippen LogP contribution in [0.5, 0.6) is 0 Å². The van der Waals surface area contributed by atoms with Gasteiger partial charge in [0.05, 0.1) is 0 Å². The molecule has 0 N–H and O–H groups in total. The van der Waals surface area contributed by atoms with Gasteiger partial charge in [0.1, 0.15) is 0 Å². The van der Waals surface area contributed by atoms with E-state index >= 15 is 0 Å². The Hall–Kier alpha value is 0.850. The van der Waals surface area contributed by atoms with E-state index in [2.05, 4.69) is 24.8 Å². The van der Waals surface area contributed by atoms with Crippen LogP contribution in [0, 0.1) is 0 Å². The van der Waals surface area contributed by atoms with E-state index in [-0.39, 0.29) is 24.0 Å². The number of halogens is 1. The molecule has 0 amide bonds. The molecule has 0 aliphatic heterocycles. The van der Waals surface area contributed by atoms with Crippen LogP contribution >= 0.6 is 57.0 Å². The summed E-state index contributed by atoms with van der Waals surface area (Å²) in [5.41, 5.74) is 0. The second-order valence-corrected chi connectivity index (χ2v) is 21.7. The minimum absolute atomic E-state index is 0. The highest BCUT2D eigenvalue weighted by molar-refractivity contribution is 14.0. The predicted octanol–water partition coefficient (Wildman–Crippen LogP) is 4.47. The molecule has 21 heteroatoms. The molecule has 0 bridgehead atoms. The molecule has 0 radical (unpaired) electrons. The quantitative estimate of drug-likeness (QED) is 0.127. The van der Waals surface area contributed by atoms with Crippen LogP contribution in [-0.2, 0) is 4.52 Å². The van der Waals surface area contributed by atoms with Gasteiger partial charge in [0.15, 0.2) is 0 Å². The summed E-state index contributed by atoms with van der Waals surface area (Å²) in [5, 5.41) is 14.0. The molecule has 1 atom stereocenters. The number of rotatable bonds is 16. The third-order valence-corrected chi connectivity index (χ3v) is 16.8. The zero-order valence-corrected chi connectivity index (χ0v) is 34.1. The second-order valence-electron chi connectivity index (χ2n) is 10.5. The largest absolute Gasteiger partial charge is 0.427 e. The molecule has 0 aliphatic carbocycles. The van der Waals surface area contributed by atoms with Crippen molar-refractivity contribution in [2.24, 2.45) is 30.0 Å². The normalized spacial score (nSPS) is 16.2. The monoisotopic (exact) mass is 762 g/mol. The zero-order chi connectivity index (χ0) is 31.1. The minimum atomic E-state index is -2.44. The number of hydrogen-bond acceptors (Lipinski definition) is 16. The summed E-state index contributed by atoms with van der Waals surface area (Å²) in [4.78, 5) is 14.6. The SMILES string of the molecule is CN(C)[P+](N=NC(N=N[P+](N(C)C)(N(C)C)N(C)C)(N=N[P+](N(C)C)(N(C)C)N(C)C)OP)(N(C)C)N(C)C.I. The van der Waals surface area contributed by atoms with E-state index in [1.54, 1.807) is 0 Å². The molecular weight excluding hydrogens is 705 g/mol. The van der Waals surface area contributed by atoms with Crippen LogP contribution in [0.1, 0.15) is 0 Å².